The number of ether oxygens (including phenoxy) is 1. The van der Waals surface area contributed by atoms with Crippen LogP contribution >= 0.6 is 36.4 Å². The van der Waals surface area contributed by atoms with Gasteiger partial charge in [0.15, 0.2) is 5.69 Å². The normalized spacial score (nSPS) is 10.6. The van der Waals surface area contributed by atoms with Gasteiger partial charge in [-0.05, 0) is 43.8 Å². The minimum Gasteiger partial charge on any atom is -0.493 e. The predicted octanol–water partition coefficient (Wildman–Crippen LogP) is 4.36. The van der Waals surface area contributed by atoms with E-state index in [4.69, 9.17) is 22.1 Å². The molecular formula is C25H31Cl3N6O2. The van der Waals surface area contributed by atoms with Crippen molar-refractivity contribution in [1.82, 2.24) is 24.1 Å². The highest BCUT2D eigenvalue weighted by Gasteiger charge is 2.21. The van der Waals surface area contributed by atoms with E-state index in [0.717, 1.165) is 40.1 Å². The van der Waals surface area contributed by atoms with Crippen molar-refractivity contribution in [2.75, 3.05) is 27.2 Å². The molecule has 8 nitrogen and oxygen atoms in total. The molecule has 4 rings (SSSR count). The summed E-state index contributed by atoms with van der Waals surface area (Å²) in [6, 6.07) is 9.61. The highest BCUT2D eigenvalue weighted by atomic mass is 35.5. The first kappa shape index (κ1) is 29.5. The van der Waals surface area contributed by atoms with Crippen molar-refractivity contribution >= 4 is 48.0 Å². The number of carbonyl (C=O) groups excluding carboxylic acids is 1. The van der Waals surface area contributed by atoms with Gasteiger partial charge in [-0.25, -0.2) is 4.98 Å². The number of pyridine rings is 1. The van der Waals surface area contributed by atoms with Crippen LogP contribution in [0.15, 0.2) is 42.7 Å². The molecule has 3 heterocycles. The number of rotatable bonds is 8. The monoisotopic (exact) mass is 552 g/mol. The average molecular weight is 554 g/mol. The summed E-state index contributed by atoms with van der Waals surface area (Å²) >= 11 is 6.30. The molecule has 0 aliphatic rings. The second-order valence-electron chi connectivity index (χ2n) is 8.41. The molecule has 1 amide bonds. The summed E-state index contributed by atoms with van der Waals surface area (Å²) in [7, 11) is 5.29. The molecule has 0 radical (unpaired) electrons. The lowest BCUT2D eigenvalue weighted by atomic mass is 10.1. The van der Waals surface area contributed by atoms with Crippen LogP contribution in [0.1, 0.15) is 27.4 Å². The Balaban J connectivity index is 0.00000228. The Labute approximate surface area is 228 Å². The largest absolute Gasteiger partial charge is 0.493 e. The van der Waals surface area contributed by atoms with Crippen LogP contribution in [0.25, 0.3) is 16.8 Å². The first-order valence-corrected chi connectivity index (χ1v) is 11.5. The molecule has 0 fully saturated rings. The van der Waals surface area contributed by atoms with Crippen molar-refractivity contribution in [3.63, 3.8) is 0 Å². The zero-order valence-electron chi connectivity index (χ0n) is 20.7. The summed E-state index contributed by atoms with van der Waals surface area (Å²) in [6.07, 6.45) is 5.19. The molecular weight excluding hydrogens is 523 g/mol. The van der Waals surface area contributed by atoms with Gasteiger partial charge in [-0.2, -0.15) is 5.10 Å². The molecule has 0 spiro atoms. The minimum absolute atomic E-state index is 0. The lowest BCUT2D eigenvalue weighted by Gasteiger charge is -2.14. The fraction of sp³-hybridized carbons (Fsp3) is 0.320. The van der Waals surface area contributed by atoms with Crippen LogP contribution in [-0.4, -0.2) is 57.2 Å². The van der Waals surface area contributed by atoms with Crippen molar-refractivity contribution in [3.8, 4) is 16.9 Å². The van der Waals surface area contributed by atoms with E-state index in [-0.39, 0.29) is 30.7 Å². The molecule has 0 aliphatic heterocycles. The van der Waals surface area contributed by atoms with Crippen molar-refractivity contribution in [2.45, 2.75) is 19.8 Å². The smallest absolute Gasteiger partial charge is 0.274 e. The first-order valence-electron chi connectivity index (χ1n) is 11.1. The van der Waals surface area contributed by atoms with Gasteiger partial charge in [0.05, 0.1) is 6.61 Å². The number of fused-ring (bicyclic) bond motifs is 1. The molecule has 194 valence electrons. The van der Waals surface area contributed by atoms with Crippen LogP contribution in [0.4, 0.5) is 0 Å². The molecule has 0 aliphatic carbocycles. The summed E-state index contributed by atoms with van der Waals surface area (Å²) in [6.45, 7) is 2.89. The van der Waals surface area contributed by atoms with E-state index in [1.54, 1.807) is 18.8 Å². The fourth-order valence-electron chi connectivity index (χ4n) is 3.98. The standard InChI is InChI=1S/C25H29ClN6O2.2ClH/c1-16-20(24(29-31(16)4)25(33)30(2)3)10-12-34-22-13-18(26)6-7-21(22)17-5-8-23-28-14-19(9-11-27)32(23)15-17;;/h5-8,13-15H,9-12,27H2,1-4H3;2*1H. The maximum absolute atomic E-state index is 12.6. The van der Waals surface area contributed by atoms with Gasteiger partial charge in [0.25, 0.3) is 5.91 Å². The summed E-state index contributed by atoms with van der Waals surface area (Å²) in [5.74, 6) is 0.554. The Hall–Kier alpha value is -2.78. The number of aryl methyl sites for hydroxylation is 1. The van der Waals surface area contributed by atoms with Crippen LogP contribution in [0.5, 0.6) is 5.75 Å². The summed E-state index contributed by atoms with van der Waals surface area (Å²) in [5, 5.41) is 5.00. The second kappa shape index (κ2) is 12.5. The average Bonchev–Trinajstić information content (AvgIpc) is 3.34. The zero-order chi connectivity index (χ0) is 24.4. The summed E-state index contributed by atoms with van der Waals surface area (Å²) in [5.41, 5.74) is 11.9. The van der Waals surface area contributed by atoms with E-state index in [0.29, 0.717) is 36.0 Å². The molecule has 0 unspecified atom stereocenters. The predicted molar refractivity (Wildman–Crippen MR) is 148 cm³/mol. The molecule has 0 saturated carbocycles. The van der Waals surface area contributed by atoms with E-state index in [1.165, 1.54) is 4.90 Å². The van der Waals surface area contributed by atoms with Gasteiger partial charge in [0.2, 0.25) is 0 Å². The van der Waals surface area contributed by atoms with Crippen molar-refractivity contribution < 1.29 is 9.53 Å². The maximum Gasteiger partial charge on any atom is 0.274 e. The summed E-state index contributed by atoms with van der Waals surface area (Å²) < 4.78 is 10.0. The van der Waals surface area contributed by atoms with E-state index < -0.39 is 0 Å². The van der Waals surface area contributed by atoms with E-state index >= 15 is 0 Å². The third kappa shape index (κ3) is 5.95. The van der Waals surface area contributed by atoms with Crippen LogP contribution < -0.4 is 10.5 Å². The Bertz CT molecular complexity index is 1350. The van der Waals surface area contributed by atoms with Gasteiger partial charge in [0, 0.05) is 79.5 Å². The molecule has 36 heavy (non-hydrogen) atoms. The molecule has 0 bridgehead atoms. The Morgan fingerprint density at radius 2 is 1.92 bits per heavy atom. The summed E-state index contributed by atoms with van der Waals surface area (Å²) in [4.78, 5) is 18.6. The van der Waals surface area contributed by atoms with E-state index in [1.807, 2.05) is 56.7 Å². The quantitative estimate of drug-likeness (QED) is 0.350. The van der Waals surface area contributed by atoms with Crippen LogP contribution in [0, 0.1) is 6.92 Å². The highest BCUT2D eigenvalue weighted by molar-refractivity contribution is 6.30. The number of benzene rings is 1. The number of nitrogens with two attached hydrogens (primary N) is 1. The Morgan fingerprint density at radius 1 is 1.17 bits per heavy atom. The SMILES string of the molecule is Cc1c(CCOc2cc(Cl)ccc2-c2ccc3ncc(CCN)n3c2)c(C(=O)N(C)C)nn1C.Cl.Cl. The molecule has 0 atom stereocenters. The lowest BCUT2D eigenvalue weighted by Crippen LogP contribution is -2.23. The number of nitrogens with zero attached hydrogens (tertiary/aromatic N) is 5. The van der Waals surface area contributed by atoms with Crippen molar-refractivity contribution in [1.29, 1.82) is 0 Å². The van der Waals surface area contributed by atoms with E-state index in [2.05, 4.69) is 14.5 Å². The molecule has 1 aromatic carbocycles. The van der Waals surface area contributed by atoms with Gasteiger partial charge in [-0.3, -0.25) is 9.48 Å². The number of hydrogen-bond donors (Lipinski definition) is 1. The topological polar surface area (TPSA) is 90.7 Å². The number of aromatic nitrogens is 4. The Morgan fingerprint density at radius 3 is 2.61 bits per heavy atom. The highest BCUT2D eigenvalue weighted by Crippen LogP contribution is 2.33. The van der Waals surface area contributed by atoms with Gasteiger partial charge in [0.1, 0.15) is 11.4 Å². The second-order valence-corrected chi connectivity index (χ2v) is 8.85. The minimum atomic E-state index is -0.121. The molecule has 3 aromatic heterocycles. The number of halogens is 3. The molecule has 2 N–H and O–H groups in total. The van der Waals surface area contributed by atoms with Gasteiger partial charge >= 0.3 is 0 Å². The van der Waals surface area contributed by atoms with E-state index in [9.17, 15) is 4.79 Å². The number of hydrogen-bond acceptors (Lipinski definition) is 5. The van der Waals surface area contributed by atoms with Gasteiger partial charge in [-0.1, -0.05) is 11.6 Å². The third-order valence-electron chi connectivity index (χ3n) is 5.91. The lowest BCUT2D eigenvalue weighted by molar-refractivity contribution is 0.0820. The first-order chi connectivity index (χ1) is 16.3. The van der Waals surface area contributed by atoms with Crippen LogP contribution in [0.3, 0.4) is 0 Å². The Kier molecular flexibility index (Phi) is 10.2. The number of amides is 1. The molecule has 4 aromatic rings. The van der Waals surface area contributed by atoms with Crippen LogP contribution in [0.2, 0.25) is 5.02 Å². The zero-order valence-corrected chi connectivity index (χ0v) is 23.1. The van der Waals surface area contributed by atoms with Crippen LogP contribution in [-0.2, 0) is 19.9 Å². The maximum atomic E-state index is 12.6. The fourth-order valence-corrected chi connectivity index (χ4v) is 4.14. The van der Waals surface area contributed by atoms with Gasteiger partial charge in [-0.15, -0.1) is 24.8 Å². The number of carbonyl (C=O) groups is 1. The van der Waals surface area contributed by atoms with Crippen molar-refractivity contribution in [2.24, 2.45) is 12.8 Å². The third-order valence-corrected chi connectivity index (χ3v) is 6.15. The molecule has 11 heteroatoms. The molecule has 0 saturated heterocycles. The van der Waals surface area contributed by atoms with Gasteiger partial charge < -0.3 is 19.8 Å². The number of imidazole rings is 1. The van der Waals surface area contributed by atoms with Crippen molar-refractivity contribution in [3.05, 3.63) is 70.4 Å².